The molecule has 0 radical (unpaired) electrons. The van der Waals surface area contributed by atoms with E-state index < -0.39 is 0 Å². The average Bonchev–Trinajstić information content (AvgIpc) is 2.43. The van der Waals surface area contributed by atoms with Gasteiger partial charge in [0.05, 0.1) is 12.7 Å². The van der Waals surface area contributed by atoms with Crippen molar-refractivity contribution in [2.45, 2.75) is 91.1 Å². The van der Waals surface area contributed by atoms with Crippen LogP contribution in [-0.2, 0) is 14.3 Å². The Balaban J connectivity index is 3.81. The first-order chi connectivity index (χ1) is 9.74. The summed E-state index contributed by atoms with van der Waals surface area (Å²) < 4.78 is 10.9. The van der Waals surface area contributed by atoms with Gasteiger partial charge in [-0.2, -0.15) is 0 Å². The Morgan fingerprint density at radius 2 is 1.55 bits per heavy atom. The van der Waals surface area contributed by atoms with Crippen molar-refractivity contribution in [3.63, 3.8) is 0 Å². The third-order valence-electron chi connectivity index (χ3n) is 3.44. The van der Waals surface area contributed by atoms with Crippen LogP contribution in [0.5, 0.6) is 0 Å². The second-order valence-electron chi connectivity index (χ2n) is 5.39. The normalized spacial score (nSPS) is 12.3. The highest BCUT2D eigenvalue weighted by Crippen LogP contribution is 2.14. The molecule has 0 spiro atoms. The van der Waals surface area contributed by atoms with Crippen LogP contribution in [0.15, 0.2) is 0 Å². The molecular formula is C17H34O3. The number of rotatable bonds is 14. The molecule has 0 aromatic carbocycles. The fourth-order valence-electron chi connectivity index (χ4n) is 2.24. The molecule has 3 nitrogen and oxygen atoms in total. The second-order valence-corrected chi connectivity index (χ2v) is 5.39. The summed E-state index contributed by atoms with van der Waals surface area (Å²) in [7, 11) is 0. The van der Waals surface area contributed by atoms with E-state index in [0.29, 0.717) is 19.1 Å². The molecule has 0 fully saturated rings. The molecular weight excluding hydrogens is 252 g/mol. The van der Waals surface area contributed by atoms with E-state index in [4.69, 9.17) is 9.47 Å². The predicted molar refractivity (Wildman–Crippen MR) is 83.9 cm³/mol. The summed E-state index contributed by atoms with van der Waals surface area (Å²) in [5.41, 5.74) is 0. The zero-order chi connectivity index (χ0) is 15.1. The van der Waals surface area contributed by atoms with Gasteiger partial charge in [0.25, 0.3) is 0 Å². The fourth-order valence-corrected chi connectivity index (χ4v) is 2.24. The Morgan fingerprint density at radius 1 is 0.900 bits per heavy atom. The van der Waals surface area contributed by atoms with Crippen LogP contribution in [-0.4, -0.2) is 25.3 Å². The molecule has 0 bridgehead atoms. The van der Waals surface area contributed by atoms with Gasteiger partial charge in [-0.1, -0.05) is 46.0 Å². The van der Waals surface area contributed by atoms with Crippen LogP contribution < -0.4 is 0 Å². The molecule has 0 aliphatic rings. The maximum atomic E-state index is 11.3. The van der Waals surface area contributed by atoms with Gasteiger partial charge in [-0.3, -0.25) is 4.79 Å². The van der Waals surface area contributed by atoms with E-state index in [1.54, 1.807) is 0 Å². The van der Waals surface area contributed by atoms with Gasteiger partial charge in [0.15, 0.2) is 0 Å². The van der Waals surface area contributed by atoms with Crippen LogP contribution >= 0.6 is 0 Å². The number of ether oxygens (including phenoxy) is 2. The van der Waals surface area contributed by atoms with Crippen molar-refractivity contribution in [1.29, 1.82) is 0 Å². The Hall–Kier alpha value is -0.570. The number of carbonyl (C=O) groups excluding carboxylic acids is 1. The molecule has 0 saturated carbocycles. The molecule has 1 unspecified atom stereocenters. The topological polar surface area (TPSA) is 35.5 Å². The van der Waals surface area contributed by atoms with Gasteiger partial charge in [0.1, 0.15) is 0 Å². The zero-order valence-corrected chi connectivity index (χ0v) is 13.8. The van der Waals surface area contributed by atoms with Crippen LogP contribution in [0.25, 0.3) is 0 Å². The molecule has 3 heteroatoms. The first-order valence-corrected chi connectivity index (χ1v) is 8.51. The van der Waals surface area contributed by atoms with Gasteiger partial charge in [0.2, 0.25) is 0 Å². The highest BCUT2D eigenvalue weighted by atomic mass is 16.5. The standard InChI is InChI=1S/C17H34O3/c1-4-7-9-12-16(20-15-10-8-5-2)13-11-14-17(18)19-6-3/h16H,4-15H2,1-3H3. The average molecular weight is 286 g/mol. The number of unbranched alkanes of at least 4 members (excludes halogenated alkanes) is 4. The number of hydrogen-bond donors (Lipinski definition) is 0. The van der Waals surface area contributed by atoms with Gasteiger partial charge in [0, 0.05) is 13.0 Å². The zero-order valence-electron chi connectivity index (χ0n) is 13.8. The third-order valence-corrected chi connectivity index (χ3v) is 3.44. The molecule has 0 aliphatic carbocycles. The van der Waals surface area contributed by atoms with E-state index in [1.165, 1.54) is 32.1 Å². The SMILES string of the molecule is CCCCCOC(CCCCC)CCCC(=O)OCC. The maximum Gasteiger partial charge on any atom is 0.305 e. The molecule has 120 valence electrons. The molecule has 0 heterocycles. The van der Waals surface area contributed by atoms with Crippen molar-refractivity contribution in [1.82, 2.24) is 0 Å². The molecule has 20 heavy (non-hydrogen) atoms. The Bertz CT molecular complexity index is 216. The molecule has 0 rings (SSSR count). The van der Waals surface area contributed by atoms with E-state index in [2.05, 4.69) is 13.8 Å². The highest BCUT2D eigenvalue weighted by molar-refractivity contribution is 5.69. The smallest absolute Gasteiger partial charge is 0.305 e. The second kappa shape index (κ2) is 14.8. The Kier molecular flexibility index (Phi) is 14.4. The first kappa shape index (κ1) is 19.4. The maximum absolute atomic E-state index is 11.3. The predicted octanol–water partition coefficient (Wildman–Crippen LogP) is 4.88. The molecule has 0 N–H and O–H groups in total. The van der Waals surface area contributed by atoms with Crippen LogP contribution in [0.4, 0.5) is 0 Å². The summed E-state index contributed by atoms with van der Waals surface area (Å²) in [4.78, 5) is 11.3. The summed E-state index contributed by atoms with van der Waals surface area (Å²) in [6, 6.07) is 0. The van der Waals surface area contributed by atoms with Crippen LogP contribution in [0.2, 0.25) is 0 Å². The lowest BCUT2D eigenvalue weighted by molar-refractivity contribution is -0.143. The van der Waals surface area contributed by atoms with E-state index in [-0.39, 0.29) is 5.97 Å². The first-order valence-electron chi connectivity index (χ1n) is 8.51. The van der Waals surface area contributed by atoms with E-state index in [1.807, 2.05) is 6.92 Å². The summed E-state index contributed by atoms with van der Waals surface area (Å²) in [6.45, 7) is 7.62. The Labute approximate surface area is 125 Å². The van der Waals surface area contributed by atoms with Crippen molar-refractivity contribution in [3.8, 4) is 0 Å². The van der Waals surface area contributed by atoms with Crippen LogP contribution in [0.3, 0.4) is 0 Å². The lowest BCUT2D eigenvalue weighted by Gasteiger charge is -2.17. The number of hydrogen-bond acceptors (Lipinski definition) is 3. The summed E-state index contributed by atoms with van der Waals surface area (Å²) >= 11 is 0. The molecule has 0 aliphatic heterocycles. The minimum absolute atomic E-state index is 0.0780. The van der Waals surface area contributed by atoms with E-state index in [0.717, 1.165) is 32.3 Å². The number of esters is 1. The van der Waals surface area contributed by atoms with Crippen LogP contribution in [0, 0.1) is 0 Å². The van der Waals surface area contributed by atoms with Crippen LogP contribution in [0.1, 0.15) is 85.0 Å². The molecule has 0 aromatic heterocycles. The molecule has 1 atom stereocenters. The fraction of sp³-hybridized carbons (Fsp3) is 0.941. The summed E-state index contributed by atoms with van der Waals surface area (Å²) in [5, 5.41) is 0. The monoisotopic (exact) mass is 286 g/mol. The van der Waals surface area contributed by atoms with Gasteiger partial charge in [-0.15, -0.1) is 0 Å². The largest absolute Gasteiger partial charge is 0.466 e. The molecule has 0 amide bonds. The van der Waals surface area contributed by atoms with E-state index >= 15 is 0 Å². The molecule has 0 aromatic rings. The lowest BCUT2D eigenvalue weighted by Crippen LogP contribution is -2.15. The van der Waals surface area contributed by atoms with Crippen molar-refractivity contribution in [2.75, 3.05) is 13.2 Å². The van der Waals surface area contributed by atoms with Crippen molar-refractivity contribution >= 4 is 5.97 Å². The van der Waals surface area contributed by atoms with Crippen molar-refractivity contribution < 1.29 is 14.3 Å². The van der Waals surface area contributed by atoms with Gasteiger partial charge in [-0.25, -0.2) is 0 Å². The van der Waals surface area contributed by atoms with E-state index in [9.17, 15) is 4.79 Å². The molecule has 0 saturated heterocycles. The minimum atomic E-state index is -0.0780. The summed E-state index contributed by atoms with van der Waals surface area (Å²) in [5.74, 6) is -0.0780. The van der Waals surface area contributed by atoms with Gasteiger partial charge >= 0.3 is 5.97 Å². The Morgan fingerprint density at radius 3 is 2.20 bits per heavy atom. The quantitative estimate of drug-likeness (QED) is 0.337. The van der Waals surface area contributed by atoms with Gasteiger partial charge < -0.3 is 9.47 Å². The summed E-state index contributed by atoms with van der Waals surface area (Å²) in [6.07, 6.45) is 11.2. The third kappa shape index (κ3) is 12.5. The lowest BCUT2D eigenvalue weighted by atomic mass is 10.0. The minimum Gasteiger partial charge on any atom is -0.466 e. The van der Waals surface area contributed by atoms with Crippen molar-refractivity contribution in [2.24, 2.45) is 0 Å². The van der Waals surface area contributed by atoms with Gasteiger partial charge in [-0.05, 0) is 32.6 Å². The van der Waals surface area contributed by atoms with Crippen molar-refractivity contribution in [3.05, 3.63) is 0 Å². The number of carbonyl (C=O) groups is 1. The highest BCUT2D eigenvalue weighted by Gasteiger charge is 2.10.